The molecule has 0 amide bonds. The number of nitrogens with one attached hydrogen (secondary N) is 1. The molecule has 0 aliphatic carbocycles. The quantitative estimate of drug-likeness (QED) is 0.861. The average Bonchev–Trinajstić information content (AvgIpc) is 2.44. The van der Waals surface area contributed by atoms with Crippen molar-refractivity contribution in [3.63, 3.8) is 0 Å². The van der Waals surface area contributed by atoms with Gasteiger partial charge in [-0.2, -0.15) is 0 Å². The van der Waals surface area contributed by atoms with Gasteiger partial charge in [0.15, 0.2) is 0 Å². The Hall–Kier alpha value is -1.41. The molecule has 1 atom stereocenters. The second-order valence-electron chi connectivity index (χ2n) is 5.76. The number of benzene rings is 1. The smallest absolute Gasteiger partial charge is 0.0749 e. The lowest BCUT2D eigenvalue weighted by atomic mass is 9.77. The summed E-state index contributed by atoms with van der Waals surface area (Å²) in [6.07, 6.45) is 3.02. The molecule has 2 rings (SSSR count). The number of rotatable bonds is 5. The van der Waals surface area contributed by atoms with Crippen molar-refractivity contribution < 1.29 is 0 Å². The summed E-state index contributed by atoms with van der Waals surface area (Å²) in [4.78, 5) is 4.59. The zero-order chi connectivity index (χ0) is 13.9. The summed E-state index contributed by atoms with van der Waals surface area (Å²) in [6.45, 7) is 10.0. The van der Waals surface area contributed by atoms with Crippen LogP contribution in [0.5, 0.6) is 0 Å². The summed E-state index contributed by atoms with van der Waals surface area (Å²) in [5.74, 6) is 0. The number of para-hydroxylation sites is 1. The van der Waals surface area contributed by atoms with Crippen molar-refractivity contribution in [3.05, 3.63) is 42.1 Å². The Kier molecular flexibility index (Phi) is 4.20. The summed E-state index contributed by atoms with van der Waals surface area (Å²) in [7, 11) is 0. The summed E-state index contributed by atoms with van der Waals surface area (Å²) in [5.41, 5.74) is 2.64. The van der Waals surface area contributed by atoms with E-state index in [-0.39, 0.29) is 5.41 Å². The zero-order valence-electron chi connectivity index (χ0n) is 12.4. The Labute approximate surface area is 116 Å². The Morgan fingerprint density at radius 3 is 2.58 bits per heavy atom. The molecule has 2 aromatic rings. The van der Waals surface area contributed by atoms with Crippen molar-refractivity contribution in [3.8, 4) is 0 Å². The van der Waals surface area contributed by atoms with Gasteiger partial charge < -0.3 is 5.32 Å². The van der Waals surface area contributed by atoms with Crippen LogP contribution in [-0.2, 0) is 0 Å². The van der Waals surface area contributed by atoms with Gasteiger partial charge in [0.05, 0.1) is 5.52 Å². The summed E-state index contributed by atoms with van der Waals surface area (Å²) >= 11 is 0. The van der Waals surface area contributed by atoms with Crippen molar-refractivity contribution in [1.29, 1.82) is 0 Å². The number of nitrogens with zero attached hydrogens (tertiary/aromatic N) is 1. The van der Waals surface area contributed by atoms with Gasteiger partial charge in [0.2, 0.25) is 0 Å². The van der Waals surface area contributed by atoms with E-state index < -0.39 is 0 Å². The fourth-order valence-electron chi connectivity index (χ4n) is 2.58. The minimum atomic E-state index is 0.210. The van der Waals surface area contributed by atoms with E-state index in [4.69, 9.17) is 0 Å². The average molecular weight is 256 g/mol. The molecule has 1 N–H and O–H groups in total. The van der Waals surface area contributed by atoms with E-state index in [1.165, 1.54) is 10.9 Å². The van der Waals surface area contributed by atoms with Gasteiger partial charge in [-0.25, -0.2) is 0 Å². The molecule has 0 fully saturated rings. The van der Waals surface area contributed by atoms with Crippen LogP contribution in [0, 0.1) is 5.41 Å². The van der Waals surface area contributed by atoms with Crippen molar-refractivity contribution >= 4 is 10.9 Å². The molecule has 0 aliphatic heterocycles. The van der Waals surface area contributed by atoms with Crippen molar-refractivity contribution in [1.82, 2.24) is 10.3 Å². The highest BCUT2D eigenvalue weighted by Gasteiger charge is 2.29. The van der Waals surface area contributed by atoms with E-state index in [1.54, 1.807) is 0 Å². The minimum absolute atomic E-state index is 0.210. The molecular weight excluding hydrogens is 232 g/mol. The van der Waals surface area contributed by atoms with Crippen LogP contribution in [0.2, 0.25) is 0 Å². The van der Waals surface area contributed by atoms with Crippen LogP contribution in [0.4, 0.5) is 0 Å². The number of pyridine rings is 1. The predicted octanol–water partition coefficient (Wildman–Crippen LogP) is 4.32. The largest absolute Gasteiger partial charge is 0.310 e. The van der Waals surface area contributed by atoms with Gasteiger partial charge in [-0.05, 0) is 30.0 Å². The first-order chi connectivity index (χ1) is 9.10. The van der Waals surface area contributed by atoms with Gasteiger partial charge in [0.25, 0.3) is 0 Å². The molecule has 1 heterocycles. The summed E-state index contributed by atoms with van der Waals surface area (Å²) < 4.78 is 0. The topological polar surface area (TPSA) is 24.9 Å². The van der Waals surface area contributed by atoms with Crippen LogP contribution in [-0.4, -0.2) is 11.5 Å². The molecule has 19 heavy (non-hydrogen) atoms. The highest BCUT2D eigenvalue weighted by Crippen LogP contribution is 2.38. The Morgan fingerprint density at radius 2 is 1.89 bits per heavy atom. The fraction of sp³-hybridized carbons (Fsp3) is 0.471. The first-order valence-corrected chi connectivity index (χ1v) is 7.17. The second kappa shape index (κ2) is 5.70. The first kappa shape index (κ1) is 14.0. The van der Waals surface area contributed by atoms with E-state index in [9.17, 15) is 0 Å². The van der Waals surface area contributed by atoms with Crippen LogP contribution in [0.15, 0.2) is 36.5 Å². The maximum absolute atomic E-state index is 4.59. The van der Waals surface area contributed by atoms with E-state index in [0.717, 1.165) is 18.5 Å². The van der Waals surface area contributed by atoms with Crippen molar-refractivity contribution in [2.75, 3.05) is 6.54 Å². The van der Waals surface area contributed by atoms with Crippen LogP contribution in [0.25, 0.3) is 10.9 Å². The van der Waals surface area contributed by atoms with E-state index in [2.05, 4.69) is 62.3 Å². The predicted molar refractivity (Wildman–Crippen MR) is 82.2 cm³/mol. The van der Waals surface area contributed by atoms with Crippen LogP contribution >= 0.6 is 0 Å². The molecule has 0 saturated carbocycles. The molecule has 1 unspecified atom stereocenters. The highest BCUT2D eigenvalue weighted by molar-refractivity contribution is 5.82. The molecule has 0 aliphatic rings. The summed E-state index contributed by atoms with van der Waals surface area (Å²) in [5, 5.41) is 4.86. The summed E-state index contributed by atoms with van der Waals surface area (Å²) in [6, 6.07) is 10.9. The molecular formula is C17H24N2. The molecule has 2 heteroatoms. The zero-order valence-corrected chi connectivity index (χ0v) is 12.4. The molecule has 1 aromatic heterocycles. The highest BCUT2D eigenvalue weighted by atomic mass is 14.9. The molecule has 0 bridgehead atoms. The molecule has 1 aromatic carbocycles. The van der Waals surface area contributed by atoms with Gasteiger partial charge in [0.1, 0.15) is 0 Å². The Balaban J connectivity index is 2.56. The molecule has 2 nitrogen and oxygen atoms in total. The van der Waals surface area contributed by atoms with Gasteiger partial charge >= 0.3 is 0 Å². The number of fused-ring (bicyclic) bond motifs is 1. The third kappa shape index (κ3) is 2.79. The monoisotopic (exact) mass is 256 g/mol. The van der Waals surface area contributed by atoms with Gasteiger partial charge in [0, 0.05) is 17.6 Å². The van der Waals surface area contributed by atoms with E-state index in [1.807, 2.05) is 12.3 Å². The Morgan fingerprint density at radius 1 is 1.16 bits per heavy atom. The van der Waals surface area contributed by atoms with Gasteiger partial charge in [-0.15, -0.1) is 0 Å². The van der Waals surface area contributed by atoms with E-state index >= 15 is 0 Å². The SMILES string of the molecule is CCNC(c1cccc2cccnc12)C(C)(C)CC. The second-order valence-corrected chi connectivity index (χ2v) is 5.76. The van der Waals surface area contributed by atoms with E-state index in [0.29, 0.717) is 6.04 Å². The van der Waals surface area contributed by atoms with Crippen LogP contribution in [0.3, 0.4) is 0 Å². The third-order valence-corrected chi connectivity index (χ3v) is 4.08. The van der Waals surface area contributed by atoms with Crippen molar-refractivity contribution in [2.24, 2.45) is 5.41 Å². The lowest BCUT2D eigenvalue weighted by Gasteiger charge is -2.35. The Bertz CT molecular complexity index is 540. The molecule has 0 spiro atoms. The van der Waals surface area contributed by atoms with Gasteiger partial charge in [-0.1, -0.05) is 52.0 Å². The van der Waals surface area contributed by atoms with Crippen molar-refractivity contribution in [2.45, 2.75) is 40.2 Å². The standard InChI is InChI=1S/C17H24N2/c1-5-17(3,4)16(18-6-2)14-11-7-9-13-10-8-12-19-15(13)14/h7-12,16,18H,5-6H2,1-4H3. The molecule has 102 valence electrons. The number of hydrogen-bond donors (Lipinski definition) is 1. The first-order valence-electron chi connectivity index (χ1n) is 7.17. The van der Waals surface area contributed by atoms with Crippen LogP contribution < -0.4 is 5.32 Å². The lowest BCUT2D eigenvalue weighted by molar-refractivity contribution is 0.238. The molecule has 0 radical (unpaired) electrons. The van der Waals surface area contributed by atoms with Gasteiger partial charge in [-0.3, -0.25) is 4.98 Å². The fourth-order valence-corrected chi connectivity index (χ4v) is 2.58. The lowest BCUT2D eigenvalue weighted by Crippen LogP contribution is -2.34. The molecule has 0 saturated heterocycles. The van der Waals surface area contributed by atoms with Crippen LogP contribution in [0.1, 0.15) is 45.7 Å². The number of aromatic nitrogens is 1. The maximum Gasteiger partial charge on any atom is 0.0749 e. The maximum atomic E-state index is 4.59. The normalized spacial score (nSPS) is 13.7. The number of hydrogen-bond acceptors (Lipinski definition) is 2. The third-order valence-electron chi connectivity index (χ3n) is 4.08. The minimum Gasteiger partial charge on any atom is -0.310 e.